The van der Waals surface area contributed by atoms with Gasteiger partial charge in [0.2, 0.25) is 6.23 Å². The molecule has 3 aromatic carbocycles. The topological polar surface area (TPSA) is 34.1 Å². The van der Waals surface area contributed by atoms with Crippen molar-refractivity contribution in [2.45, 2.75) is 25.6 Å². The second-order valence-corrected chi connectivity index (χ2v) is 7.54. The van der Waals surface area contributed by atoms with Gasteiger partial charge in [0.15, 0.2) is 0 Å². The number of halogens is 1. The maximum Gasteiger partial charge on any atom is 0.215 e. The predicted molar refractivity (Wildman–Crippen MR) is 115 cm³/mol. The van der Waals surface area contributed by atoms with Gasteiger partial charge in [0, 0.05) is 22.6 Å². The lowest BCUT2D eigenvalue weighted by atomic mass is 9.96. The molecule has 5 rings (SSSR count). The molecule has 2 aliphatic rings. The fourth-order valence-corrected chi connectivity index (χ4v) is 4.23. The molecule has 0 spiro atoms. The summed E-state index contributed by atoms with van der Waals surface area (Å²) in [7, 11) is 0. The van der Waals surface area contributed by atoms with Crippen molar-refractivity contribution in [3.63, 3.8) is 0 Å². The van der Waals surface area contributed by atoms with Crippen molar-refractivity contribution in [2.24, 2.45) is 5.10 Å². The minimum atomic E-state index is -0.358. The first kappa shape index (κ1) is 18.1. The van der Waals surface area contributed by atoms with Gasteiger partial charge in [-0.05, 0) is 48.9 Å². The van der Waals surface area contributed by atoms with Crippen LogP contribution in [0.2, 0.25) is 5.02 Å². The predicted octanol–water partition coefficient (Wildman–Crippen LogP) is 5.98. The fourth-order valence-electron chi connectivity index (χ4n) is 4.00. The number of ether oxygens (including phenoxy) is 2. The highest BCUT2D eigenvalue weighted by Gasteiger charge is 2.41. The minimum Gasteiger partial charge on any atom is -0.494 e. The Kier molecular flexibility index (Phi) is 4.64. The average Bonchev–Trinajstić information content (AvgIpc) is 3.20. The Balaban J connectivity index is 1.55. The summed E-state index contributed by atoms with van der Waals surface area (Å²) in [5.41, 5.74) is 4.21. The molecule has 0 unspecified atom stereocenters. The van der Waals surface area contributed by atoms with Crippen molar-refractivity contribution in [2.75, 3.05) is 6.61 Å². The Morgan fingerprint density at radius 1 is 1.00 bits per heavy atom. The summed E-state index contributed by atoms with van der Waals surface area (Å²) in [5.74, 6) is 1.76. The first-order chi connectivity index (χ1) is 14.2. The van der Waals surface area contributed by atoms with E-state index in [0.717, 1.165) is 40.3 Å². The minimum absolute atomic E-state index is 0.114. The van der Waals surface area contributed by atoms with Crippen LogP contribution in [0.4, 0.5) is 0 Å². The summed E-state index contributed by atoms with van der Waals surface area (Å²) in [6.45, 7) is 2.64. The number of nitrogens with zero attached hydrogens (tertiary/aromatic N) is 2. The monoisotopic (exact) mass is 404 g/mol. The number of para-hydroxylation sites is 1. The molecule has 29 heavy (non-hydrogen) atoms. The lowest BCUT2D eigenvalue weighted by molar-refractivity contribution is -0.0189. The zero-order valence-corrected chi connectivity index (χ0v) is 16.8. The lowest BCUT2D eigenvalue weighted by Gasteiger charge is -2.38. The maximum absolute atomic E-state index is 6.51. The van der Waals surface area contributed by atoms with E-state index in [9.17, 15) is 0 Å². The summed E-state index contributed by atoms with van der Waals surface area (Å²) < 4.78 is 11.9. The van der Waals surface area contributed by atoms with E-state index in [1.54, 1.807) is 0 Å². The highest BCUT2D eigenvalue weighted by atomic mass is 35.5. The van der Waals surface area contributed by atoms with Gasteiger partial charge in [0.05, 0.1) is 18.4 Å². The Morgan fingerprint density at radius 3 is 2.48 bits per heavy atom. The molecule has 0 N–H and O–H groups in total. The van der Waals surface area contributed by atoms with Crippen LogP contribution >= 0.6 is 11.6 Å². The molecule has 4 nitrogen and oxygen atoms in total. The third-order valence-electron chi connectivity index (χ3n) is 5.37. The average molecular weight is 405 g/mol. The Bertz CT molecular complexity index is 1060. The van der Waals surface area contributed by atoms with Gasteiger partial charge in [0.1, 0.15) is 11.5 Å². The molecule has 146 valence electrons. The van der Waals surface area contributed by atoms with Crippen molar-refractivity contribution in [3.05, 3.63) is 94.5 Å². The number of fused-ring (bicyclic) bond motifs is 3. The van der Waals surface area contributed by atoms with Gasteiger partial charge in [-0.1, -0.05) is 48.0 Å². The SMILES string of the molecule is CCOc1ccc(C2=NN3[C@H](C2)c2ccccc2O[C@H]3c2ccccc2Cl)cc1. The summed E-state index contributed by atoms with van der Waals surface area (Å²) in [4.78, 5) is 0. The van der Waals surface area contributed by atoms with E-state index in [4.69, 9.17) is 26.2 Å². The van der Waals surface area contributed by atoms with E-state index in [1.807, 2.05) is 61.5 Å². The van der Waals surface area contributed by atoms with Gasteiger partial charge < -0.3 is 9.47 Å². The van der Waals surface area contributed by atoms with Crippen LogP contribution in [0.15, 0.2) is 77.9 Å². The highest BCUT2D eigenvalue weighted by Crippen LogP contribution is 2.48. The number of hydrogen-bond acceptors (Lipinski definition) is 4. The van der Waals surface area contributed by atoms with Gasteiger partial charge in [0.25, 0.3) is 0 Å². The Morgan fingerprint density at radius 2 is 1.72 bits per heavy atom. The van der Waals surface area contributed by atoms with Crippen molar-refractivity contribution in [1.82, 2.24) is 5.01 Å². The van der Waals surface area contributed by atoms with Crippen molar-refractivity contribution < 1.29 is 9.47 Å². The van der Waals surface area contributed by atoms with Crippen LogP contribution in [0.3, 0.4) is 0 Å². The van der Waals surface area contributed by atoms with Gasteiger partial charge in [-0.3, -0.25) is 0 Å². The first-order valence-electron chi connectivity index (χ1n) is 9.83. The summed E-state index contributed by atoms with van der Waals surface area (Å²) in [6.07, 6.45) is 0.457. The zero-order valence-electron chi connectivity index (χ0n) is 16.1. The van der Waals surface area contributed by atoms with Crippen LogP contribution in [0.1, 0.15) is 42.3 Å². The van der Waals surface area contributed by atoms with E-state index in [0.29, 0.717) is 11.6 Å². The number of hydrogen-bond donors (Lipinski definition) is 0. The molecule has 2 heterocycles. The van der Waals surface area contributed by atoms with Crippen LogP contribution in [-0.4, -0.2) is 17.3 Å². The molecule has 0 bridgehead atoms. The smallest absolute Gasteiger partial charge is 0.215 e. The quantitative estimate of drug-likeness (QED) is 0.536. The van der Waals surface area contributed by atoms with Gasteiger partial charge in [-0.25, -0.2) is 5.01 Å². The molecule has 0 saturated carbocycles. The van der Waals surface area contributed by atoms with Crippen LogP contribution in [0.5, 0.6) is 11.5 Å². The van der Waals surface area contributed by atoms with Crippen molar-refractivity contribution in [1.29, 1.82) is 0 Å². The normalized spacial score (nSPS) is 19.8. The van der Waals surface area contributed by atoms with Gasteiger partial charge in [-0.15, -0.1) is 0 Å². The standard InChI is InChI=1S/C24H21ClN2O2/c1-2-28-17-13-11-16(12-14-17)21-15-22-19-8-4-6-10-23(19)29-24(27(22)26-21)18-7-3-5-9-20(18)25/h3-14,22,24H,2,15H2,1H3/t22-,24+/m1/s1. The maximum atomic E-state index is 6.51. The molecule has 0 radical (unpaired) electrons. The van der Waals surface area contributed by atoms with E-state index < -0.39 is 0 Å². The molecule has 2 aliphatic heterocycles. The molecule has 0 fully saturated rings. The van der Waals surface area contributed by atoms with Crippen LogP contribution in [0.25, 0.3) is 0 Å². The Labute approximate surface area is 175 Å². The third kappa shape index (κ3) is 3.23. The molecule has 0 aromatic heterocycles. The molecule has 0 aliphatic carbocycles. The number of benzene rings is 3. The van der Waals surface area contributed by atoms with E-state index in [-0.39, 0.29) is 12.3 Å². The van der Waals surface area contributed by atoms with Gasteiger partial charge in [-0.2, -0.15) is 5.10 Å². The molecule has 0 saturated heterocycles. The molecule has 5 heteroatoms. The van der Waals surface area contributed by atoms with E-state index in [1.165, 1.54) is 0 Å². The molecule has 2 atom stereocenters. The second kappa shape index (κ2) is 7.45. The fraction of sp³-hybridized carbons (Fsp3) is 0.208. The third-order valence-corrected chi connectivity index (χ3v) is 5.71. The molecular weight excluding hydrogens is 384 g/mol. The lowest BCUT2D eigenvalue weighted by Crippen LogP contribution is -2.33. The van der Waals surface area contributed by atoms with E-state index >= 15 is 0 Å². The molecule has 3 aromatic rings. The van der Waals surface area contributed by atoms with Crippen LogP contribution in [0, 0.1) is 0 Å². The summed E-state index contributed by atoms with van der Waals surface area (Å²) in [5, 5.41) is 7.71. The highest BCUT2D eigenvalue weighted by molar-refractivity contribution is 6.31. The van der Waals surface area contributed by atoms with Gasteiger partial charge >= 0.3 is 0 Å². The van der Waals surface area contributed by atoms with E-state index in [2.05, 4.69) is 23.2 Å². The first-order valence-corrected chi connectivity index (χ1v) is 10.2. The largest absolute Gasteiger partial charge is 0.494 e. The van der Waals surface area contributed by atoms with Crippen LogP contribution in [-0.2, 0) is 0 Å². The summed E-state index contributed by atoms with van der Waals surface area (Å²) >= 11 is 6.51. The van der Waals surface area contributed by atoms with Crippen molar-refractivity contribution >= 4 is 17.3 Å². The number of rotatable bonds is 4. The molecule has 0 amide bonds. The van der Waals surface area contributed by atoms with Crippen LogP contribution < -0.4 is 9.47 Å². The summed E-state index contributed by atoms with van der Waals surface area (Å²) in [6, 6.07) is 24.2. The molecular formula is C24H21ClN2O2. The van der Waals surface area contributed by atoms with Crippen molar-refractivity contribution in [3.8, 4) is 11.5 Å². The number of hydrazone groups is 1. The second-order valence-electron chi connectivity index (χ2n) is 7.13. The Hall–Kier alpha value is -2.98. The zero-order chi connectivity index (χ0) is 19.8.